The predicted molar refractivity (Wildman–Crippen MR) is 43.4 cm³/mol. The summed E-state index contributed by atoms with van der Waals surface area (Å²) in [6, 6.07) is 4.40. The maximum atomic E-state index is 12.4. The van der Waals surface area contributed by atoms with E-state index in [9.17, 15) is 22.4 Å². The van der Waals surface area contributed by atoms with Crippen LogP contribution in [0.5, 0.6) is 5.75 Å². The summed E-state index contributed by atoms with van der Waals surface area (Å²) < 4.78 is 51.9. The van der Waals surface area contributed by atoms with Crippen LogP contribution < -0.4 is 4.74 Å². The number of alkyl halides is 4. The summed E-state index contributed by atoms with van der Waals surface area (Å²) in [6.07, 6.45) is -7.93. The van der Waals surface area contributed by atoms with Crippen molar-refractivity contribution in [2.75, 3.05) is 0 Å². The van der Waals surface area contributed by atoms with Crippen molar-refractivity contribution in [2.24, 2.45) is 0 Å². The quantitative estimate of drug-likeness (QED) is 0.578. The fraction of sp³-hybridized carbons (Fsp3) is 0.222. The highest BCUT2D eigenvalue weighted by Crippen LogP contribution is 2.27. The SMILES string of the molecule is O=Cc1ccc(OC(F)(F)C(F)F)cc1. The van der Waals surface area contributed by atoms with Gasteiger partial charge in [0.15, 0.2) is 0 Å². The lowest BCUT2D eigenvalue weighted by Gasteiger charge is -2.16. The van der Waals surface area contributed by atoms with E-state index in [2.05, 4.69) is 4.74 Å². The van der Waals surface area contributed by atoms with Gasteiger partial charge in [-0.3, -0.25) is 4.79 Å². The molecule has 15 heavy (non-hydrogen) atoms. The summed E-state index contributed by atoms with van der Waals surface area (Å²) in [4.78, 5) is 10.2. The molecule has 0 saturated carbocycles. The molecule has 0 spiro atoms. The summed E-state index contributed by atoms with van der Waals surface area (Å²) >= 11 is 0. The molecule has 1 aromatic rings. The van der Waals surface area contributed by atoms with Gasteiger partial charge in [-0.1, -0.05) is 0 Å². The number of hydrogen-bond acceptors (Lipinski definition) is 2. The maximum Gasteiger partial charge on any atom is 0.461 e. The molecule has 0 atom stereocenters. The van der Waals surface area contributed by atoms with Gasteiger partial charge >= 0.3 is 12.5 Å². The smallest absolute Gasteiger partial charge is 0.428 e. The van der Waals surface area contributed by atoms with Crippen molar-refractivity contribution in [1.29, 1.82) is 0 Å². The van der Waals surface area contributed by atoms with Crippen LogP contribution in [0.4, 0.5) is 17.6 Å². The summed E-state index contributed by atoms with van der Waals surface area (Å²) in [5.74, 6) is -0.425. The standard InChI is InChI=1S/C9H6F4O2/c10-8(11)9(12,13)15-7-3-1-6(5-14)2-4-7/h1-5,8H. The Hall–Kier alpha value is -1.59. The summed E-state index contributed by atoms with van der Waals surface area (Å²) in [7, 11) is 0. The Kier molecular flexibility index (Phi) is 3.28. The Morgan fingerprint density at radius 1 is 1.20 bits per heavy atom. The molecule has 0 saturated heterocycles. The minimum absolute atomic E-state index is 0.239. The number of carbonyl (C=O) groups is 1. The van der Waals surface area contributed by atoms with Crippen molar-refractivity contribution < 1.29 is 27.1 Å². The summed E-state index contributed by atoms with van der Waals surface area (Å²) in [5.41, 5.74) is 0.239. The van der Waals surface area contributed by atoms with Gasteiger partial charge in [0.1, 0.15) is 12.0 Å². The molecule has 1 aromatic carbocycles. The molecule has 0 aliphatic rings. The minimum Gasteiger partial charge on any atom is -0.428 e. The van der Waals surface area contributed by atoms with E-state index < -0.39 is 18.3 Å². The Bertz CT molecular complexity index is 334. The van der Waals surface area contributed by atoms with Crippen molar-refractivity contribution in [1.82, 2.24) is 0 Å². The molecular formula is C9H6F4O2. The zero-order valence-electron chi connectivity index (χ0n) is 7.29. The van der Waals surface area contributed by atoms with Gasteiger partial charge in [0.25, 0.3) is 0 Å². The fourth-order valence-corrected chi connectivity index (χ4v) is 0.816. The highest BCUT2D eigenvalue weighted by Gasteiger charge is 2.43. The molecule has 0 unspecified atom stereocenters. The first-order chi connectivity index (χ1) is 6.95. The van der Waals surface area contributed by atoms with Crippen molar-refractivity contribution in [2.45, 2.75) is 12.5 Å². The number of benzene rings is 1. The van der Waals surface area contributed by atoms with E-state index in [1.807, 2.05) is 0 Å². The van der Waals surface area contributed by atoms with E-state index in [-0.39, 0.29) is 5.56 Å². The van der Waals surface area contributed by atoms with E-state index in [4.69, 9.17) is 0 Å². The Morgan fingerprint density at radius 2 is 1.73 bits per heavy atom. The van der Waals surface area contributed by atoms with Crippen LogP contribution in [-0.2, 0) is 0 Å². The minimum atomic E-state index is -4.53. The Balaban J connectivity index is 2.77. The van der Waals surface area contributed by atoms with Crippen LogP contribution in [0.25, 0.3) is 0 Å². The molecule has 0 amide bonds. The molecule has 82 valence electrons. The molecule has 0 bridgehead atoms. The second kappa shape index (κ2) is 4.29. The molecule has 0 heterocycles. The zero-order valence-corrected chi connectivity index (χ0v) is 7.29. The number of hydrogen-bond donors (Lipinski definition) is 0. The summed E-state index contributed by atoms with van der Waals surface area (Å²) in [5, 5.41) is 0. The van der Waals surface area contributed by atoms with Gasteiger partial charge in [0, 0.05) is 5.56 Å². The number of aldehydes is 1. The number of ether oxygens (including phenoxy) is 1. The van der Waals surface area contributed by atoms with Crippen LogP contribution in [0.15, 0.2) is 24.3 Å². The Morgan fingerprint density at radius 3 is 2.13 bits per heavy atom. The van der Waals surface area contributed by atoms with Crippen molar-refractivity contribution in [3.63, 3.8) is 0 Å². The van der Waals surface area contributed by atoms with Crippen molar-refractivity contribution in [3.8, 4) is 5.75 Å². The molecule has 0 aliphatic heterocycles. The molecule has 0 fully saturated rings. The zero-order chi connectivity index (χ0) is 11.5. The van der Waals surface area contributed by atoms with Gasteiger partial charge in [-0.25, -0.2) is 0 Å². The molecule has 0 aromatic heterocycles. The van der Waals surface area contributed by atoms with Crippen LogP contribution >= 0.6 is 0 Å². The molecule has 1 rings (SSSR count). The van der Waals surface area contributed by atoms with Gasteiger partial charge < -0.3 is 4.74 Å². The average molecular weight is 222 g/mol. The lowest BCUT2D eigenvalue weighted by molar-refractivity contribution is -0.253. The lowest BCUT2D eigenvalue weighted by Crippen LogP contribution is -2.33. The fourth-order valence-electron chi connectivity index (χ4n) is 0.816. The van der Waals surface area contributed by atoms with Crippen molar-refractivity contribution in [3.05, 3.63) is 29.8 Å². The van der Waals surface area contributed by atoms with E-state index in [1.165, 1.54) is 12.1 Å². The second-order valence-corrected chi connectivity index (χ2v) is 2.65. The highest BCUT2D eigenvalue weighted by atomic mass is 19.3. The summed E-state index contributed by atoms with van der Waals surface area (Å²) in [6.45, 7) is 0. The van der Waals surface area contributed by atoms with Crippen LogP contribution in [-0.4, -0.2) is 18.8 Å². The Labute approximate surface area is 82.5 Å². The highest BCUT2D eigenvalue weighted by molar-refractivity contribution is 5.74. The molecule has 2 nitrogen and oxygen atoms in total. The first-order valence-corrected chi connectivity index (χ1v) is 3.86. The van der Waals surface area contributed by atoms with Crippen LogP contribution in [0.2, 0.25) is 0 Å². The molecule has 6 heteroatoms. The van der Waals surface area contributed by atoms with E-state index in [1.54, 1.807) is 0 Å². The first kappa shape index (κ1) is 11.5. The van der Waals surface area contributed by atoms with Gasteiger partial charge in [0.2, 0.25) is 0 Å². The first-order valence-electron chi connectivity index (χ1n) is 3.86. The normalized spacial score (nSPS) is 11.5. The van der Waals surface area contributed by atoms with Crippen LogP contribution in [0.3, 0.4) is 0 Å². The van der Waals surface area contributed by atoms with Gasteiger partial charge in [-0.05, 0) is 24.3 Å². The second-order valence-electron chi connectivity index (χ2n) is 2.65. The monoisotopic (exact) mass is 222 g/mol. The lowest BCUT2D eigenvalue weighted by atomic mass is 10.2. The molecular weight excluding hydrogens is 216 g/mol. The van der Waals surface area contributed by atoms with Crippen LogP contribution in [0.1, 0.15) is 10.4 Å². The maximum absolute atomic E-state index is 12.4. The van der Waals surface area contributed by atoms with Gasteiger partial charge in [-0.2, -0.15) is 17.6 Å². The van der Waals surface area contributed by atoms with Crippen LogP contribution in [0, 0.1) is 0 Å². The molecule has 0 aliphatic carbocycles. The van der Waals surface area contributed by atoms with Crippen molar-refractivity contribution >= 4 is 6.29 Å². The van der Waals surface area contributed by atoms with Gasteiger partial charge in [-0.15, -0.1) is 0 Å². The third kappa shape index (κ3) is 2.93. The third-order valence-electron chi connectivity index (χ3n) is 1.52. The topological polar surface area (TPSA) is 26.3 Å². The van der Waals surface area contributed by atoms with E-state index in [0.29, 0.717) is 6.29 Å². The number of rotatable bonds is 4. The number of halogens is 4. The number of carbonyl (C=O) groups excluding carboxylic acids is 1. The molecule has 0 N–H and O–H groups in total. The predicted octanol–water partition coefficient (Wildman–Crippen LogP) is 2.74. The van der Waals surface area contributed by atoms with Gasteiger partial charge in [0.05, 0.1) is 0 Å². The largest absolute Gasteiger partial charge is 0.461 e. The van der Waals surface area contributed by atoms with E-state index >= 15 is 0 Å². The molecule has 0 radical (unpaired) electrons. The third-order valence-corrected chi connectivity index (χ3v) is 1.52. The van der Waals surface area contributed by atoms with E-state index in [0.717, 1.165) is 12.1 Å². The average Bonchev–Trinajstić information content (AvgIpc) is 2.18.